The number of aryl methyl sites for hydroxylation is 1. The van der Waals surface area contributed by atoms with E-state index in [4.69, 9.17) is 4.74 Å². The Hall–Kier alpha value is -1.32. The molecule has 0 aliphatic heterocycles. The van der Waals surface area contributed by atoms with Crippen molar-refractivity contribution in [2.45, 2.75) is 39.7 Å². The van der Waals surface area contributed by atoms with Crippen LogP contribution in [0.15, 0.2) is 40.9 Å². The maximum absolute atomic E-state index is 9.63. The van der Waals surface area contributed by atoms with Crippen molar-refractivity contribution in [2.24, 2.45) is 0 Å². The van der Waals surface area contributed by atoms with Crippen LogP contribution in [-0.2, 0) is 0 Å². The standard InChI is InChI=1S/C18H21BrO2/c1-11(2)16-7-5-14(9-12(16)3)21-15-6-8-17(13(4)20)18(19)10-15/h5-11,13,20H,1-4H3/t13-/m1/s1. The van der Waals surface area contributed by atoms with Crippen LogP contribution in [0.1, 0.15) is 49.5 Å². The third-order valence-electron chi connectivity index (χ3n) is 3.52. The Labute approximate surface area is 134 Å². The van der Waals surface area contributed by atoms with Gasteiger partial charge in [-0.05, 0) is 60.7 Å². The van der Waals surface area contributed by atoms with Gasteiger partial charge in [0, 0.05) is 4.47 Å². The average molecular weight is 349 g/mol. The molecule has 3 heteroatoms. The monoisotopic (exact) mass is 348 g/mol. The lowest BCUT2D eigenvalue weighted by Gasteiger charge is -2.13. The molecule has 0 fully saturated rings. The highest BCUT2D eigenvalue weighted by atomic mass is 79.9. The van der Waals surface area contributed by atoms with Crippen LogP contribution in [0.2, 0.25) is 0 Å². The highest BCUT2D eigenvalue weighted by Gasteiger charge is 2.09. The quantitative estimate of drug-likeness (QED) is 0.764. The molecular weight excluding hydrogens is 328 g/mol. The molecule has 0 aliphatic rings. The van der Waals surface area contributed by atoms with Crippen molar-refractivity contribution >= 4 is 15.9 Å². The molecule has 0 unspecified atom stereocenters. The Bertz CT molecular complexity index is 578. The van der Waals surface area contributed by atoms with Gasteiger partial charge in [0.2, 0.25) is 0 Å². The van der Waals surface area contributed by atoms with Gasteiger partial charge in [-0.15, -0.1) is 0 Å². The van der Waals surface area contributed by atoms with Crippen LogP contribution in [0.4, 0.5) is 0 Å². The van der Waals surface area contributed by atoms with Crippen molar-refractivity contribution in [1.29, 1.82) is 0 Å². The van der Waals surface area contributed by atoms with E-state index in [1.807, 2.05) is 24.3 Å². The first-order chi connectivity index (χ1) is 9.88. The van der Waals surface area contributed by atoms with Gasteiger partial charge in [0.05, 0.1) is 6.10 Å². The van der Waals surface area contributed by atoms with Crippen molar-refractivity contribution in [3.05, 3.63) is 57.6 Å². The minimum atomic E-state index is -0.499. The third-order valence-corrected chi connectivity index (χ3v) is 4.21. The summed E-state index contributed by atoms with van der Waals surface area (Å²) in [7, 11) is 0. The SMILES string of the molecule is Cc1cc(Oc2ccc([C@@H](C)O)c(Br)c2)ccc1C(C)C. The second-order valence-corrected chi connectivity index (χ2v) is 6.49. The molecule has 2 aromatic rings. The number of hydrogen-bond donors (Lipinski definition) is 1. The Morgan fingerprint density at radius 1 is 0.952 bits per heavy atom. The number of hydrogen-bond acceptors (Lipinski definition) is 2. The van der Waals surface area contributed by atoms with Crippen LogP contribution in [0.25, 0.3) is 0 Å². The lowest BCUT2D eigenvalue weighted by atomic mass is 9.98. The zero-order valence-corrected chi connectivity index (χ0v) is 14.4. The summed E-state index contributed by atoms with van der Waals surface area (Å²) >= 11 is 3.47. The summed E-state index contributed by atoms with van der Waals surface area (Å²) in [6.45, 7) is 8.23. The molecular formula is C18H21BrO2. The maximum atomic E-state index is 9.63. The number of aliphatic hydroxyl groups is 1. The average Bonchev–Trinajstić information content (AvgIpc) is 2.37. The summed E-state index contributed by atoms with van der Waals surface area (Å²) < 4.78 is 6.75. The van der Waals surface area contributed by atoms with E-state index in [1.165, 1.54) is 11.1 Å². The first kappa shape index (κ1) is 16.1. The van der Waals surface area contributed by atoms with E-state index in [-0.39, 0.29) is 0 Å². The number of halogens is 1. The molecule has 0 saturated heterocycles. The fraction of sp³-hybridized carbons (Fsp3) is 0.333. The van der Waals surface area contributed by atoms with Gasteiger partial charge in [-0.3, -0.25) is 0 Å². The third kappa shape index (κ3) is 3.86. The van der Waals surface area contributed by atoms with Crippen LogP contribution in [0.5, 0.6) is 11.5 Å². The van der Waals surface area contributed by atoms with Gasteiger partial charge in [0.25, 0.3) is 0 Å². The van der Waals surface area contributed by atoms with E-state index in [0.717, 1.165) is 21.5 Å². The summed E-state index contributed by atoms with van der Waals surface area (Å²) in [4.78, 5) is 0. The number of ether oxygens (including phenoxy) is 1. The van der Waals surface area contributed by atoms with Crippen molar-refractivity contribution in [1.82, 2.24) is 0 Å². The first-order valence-electron chi connectivity index (χ1n) is 7.14. The summed E-state index contributed by atoms with van der Waals surface area (Å²) in [5, 5.41) is 9.63. The number of aliphatic hydroxyl groups excluding tert-OH is 1. The maximum Gasteiger partial charge on any atom is 0.128 e. The Morgan fingerprint density at radius 3 is 2.00 bits per heavy atom. The van der Waals surface area contributed by atoms with Gasteiger partial charge >= 0.3 is 0 Å². The molecule has 0 aromatic heterocycles. The predicted octanol–water partition coefficient (Wildman–Crippen LogP) is 5.73. The van der Waals surface area contributed by atoms with Crippen molar-refractivity contribution in [2.75, 3.05) is 0 Å². The molecule has 0 radical (unpaired) electrons. The van der Waals surface area contributed by atoms with Crippen molar-refractivity contribution < 1.29 is 9.84 Å². The van der Waals surface area contributed by atoms with E-state index in [0.29, 0.717) is 5.92 Å². The summed E-state index contributed by atoms with van der Waals surface area (Å²) in [5.74, 6) is 2.09. The van der Waals surface area contributed by atoms with Crippen LogP contribution < -0.4 is 4.74 Å². The molecule has 0 amide bonds. The molecule has 0 heterocycles. The predicted molar refractivity (Wildman–Crippen MR) is 90.1 cm³/mol. The molecule has 0 saturated carbocycles. The first-order valence-corrected chi connectivity index (χ1v) is 7.93. The molecule has 2 aromatic carbocycles. The summed E-state index contributed by atoms with van der Waals surface area (Å²) in [6, 6.07) is 11.8. The minimum absolute atomic E-state index is 0.499. The second-order valence-electron chi connectivity index (χ2n) is 5.63. The molecule has 0 spiro atoms. The normalized spacial score (nSPS) is 12.5. The lowest BCUT2D eigenvalue weighted by Crippen LogP contribution is -1.95. The van der Waals surface area contributed by atoms with E-state index in [9.17, 15) is 5.11 Å². The molecule has 2 rings (SSSR count). The Kier molecular flexibility index (Phi) is 5.07. The van der Waals surface area contributed by atoms with Gasteiger partial charge in [0.15, 0.2) is 0 Å². The number of rotatable bonds is 4. The smallest absolute Gasteiger partial charge is 0.128 e. The topological polar surface area (TPSA) is 29.5 Å². The van der Waals surface area contributed by atoms with Crippen molar-refractivity contribution in [3.8, 4) is 11.5 Å². The van der Waals surface area contributed by atoms with Crippen LogP contribution >= 0.6 is 15.9 Å². The van der Waals surface area contributed by atoms with E-state index in [1.54, 1.807) is 6.92 Å². The number of benzene rings is 2. The fourth-order valence-corrected chi connectivity index (χ4v) is 3.09. The molecule has 1 atom stereocenters. The Morgan fingerprint density at radius 2 is 1.52 bits per heavy atom. The minimum Gasteiger partial charge on any atom is -0.457 e. The molecule has 2 nitrogen and oxygen atoms in total. The molecule has 0 aliphatic carbocycles. The van der Waals surface area contributed by atoms with Gasteiger partial charge in [-0.1, -0.05) is 41.9 Å². The largest absolute Gasteiger partial charge is 0.457 e. The van der Waals surface area contributed by atoms with Crippen LogP contribution in [0, 0.1) is 6.92 Å². The zero-order valence-electron chi connectivity index (χ0n) is 12.9. The van der Waals surface area contributed by atoms with Crippen LogP contribution in [0.3, 0.4) is 0 Å². The van der Waals surface area contributed by atoms with Gasteiger partial charge in [0.1, 0.15) is 11.5 Å². The summed E-state index contributed by atoms with van der Waals surface area (Å²) in [6.07, 6.45) is -0.499. The van der Waals surface area contributed by atoms with E-state index < -0.39 is 6.10 Å². The zero-order chi connectivity index (χ0) is 15.6. The highest BCUT2D eigenvalue weighted by Crippen LogP contribution is 2.31. The lowest BCUT2D eigenvalue weighted by molar-refractivity contribution is 0.198. The second kappa shape index (κ2) is 6.63. The van der Waals surface area contributed by atoms with Crippen LogP contribution in [-0.4, -0.2) is 5.11 Å². The summed E-state index contributed by atoms with van der Waals surface area (Å²) in [5.41, 5.74) is 3.43. The van der Waals surface area contributed by atoms with Crippen molar-refractivity contribution in [3.63, 3.8) is 0 Å². The molecule has 0 bridgehead atoms. The highest BCUT2D eigenvalue weighted by molar-refractivity contribution is 9.10. The van der Waals surface area contributed by atoms with E-state index >= 15 is 0 Å². The molecule has 21 heavy (non-hydrogen) atoms. The van der Waals surface area contributed by atoms with Gasteiger partial charge < -0.3 is 9.84 Å². The van der Waals surface area contributed by atoms with E-state index in [2.05, 4.69) is 48.8 Å². The fourth-order valence-electron chi connectivity index (χ4n) is 2.41. The van der Waals surface area contributed by atoms with Gasteiger partial charge in [-0.25, -0.2) is 0 Å². The molecule has 1 N–H and O–H groups in total. The van der Waals surface area contributed by atoms with Gasteiger partial charge in [-0.2, -0.15) is 0 Å². The molecule has 112 valence electrons. The Balaban J connectivity index is 2.22.